The van der Waals surface area contributed by atoms with Crippen LogP contribution in [0, 0.1) is 5.92 Å². The third-order valence-corrected chi connectivity index (χ3v) is 10.4. The third kappa shape index (κ3) is 4.39. The SMILES string of the molecule is CCC1=C(CC)C(CC)[C]([Zr+2][C]2(C)C=C(C)C=C2C)=C1CC.[Cl-].[Cl-]. The van der Waals surface area contributed by atoms with Crippen molar-refractivity contribution in [3.8, 4) is 0 Å². The first-order chi connectivity index (χ1) is 10.4. The van der Waals surface area contributed by atoms with Crippen molar-refractivity contribution in [1.29, 1.82) is 0 Å². The van der Waals surface area contributed by atoms with Gasteiger partial charge in [0.05, 0.1) is 0 Å². The van der Waals surface area contributed by atoms with Crippen LogP contribution >= 0.6 is 0 Å². The Morgan fingerprint density at radius 2 is 1.54 bits per heavy atom. The Labute approximate surface area is 173 Å². The Bertz CT molecular complexity index is 581. The molecule has 2 atom stereocenters. The molecular weight excluding hydrogens is 414 g/mol. The van der Waals surface area contributed by atoms with E-state index in [4.69, 9.17) is 0 Å². The Balaban J connectivity index is 0.00000264. The summed E-state index contributed by atoms with van der Waals surface area (Å²) in [6, 6.07) is 0. The van der Waals surface area contributed by atoms with Crippen LogP contribution in [0.1, 0.15) is 74.1 Å². The van der Waals surface area contributed by atoms with Crippen molar-refractivity contribution in [1.82, 2.24) is 0 Å². The fourth-order valence-electron chi connectivity index (χ4n) is 4.39. The van der Waals surface area contributed by atoms with Crippen LogP contribution in [0.25, 0.3) is 0 Å². The maximum atomic E-state index is 2.57. The van der Waals surface area contributed by atoms with Gasteiger partial charge >= 0.3 is 150 Å². The van der Waals surface area contributed by atoms with Gasteiger partial charge in [-0.15, -0.1) is 0 Å². The molecule has 3 heteroatoms. The summed E-state index contributed by atoms with van der Waals surface area (Å²) in [5.74, 6) is 0.778. The molecular formula is C21H32Cl2Zr. The summed E-state index contributed by atoms with van der Waals surface area (Å²) < 4.78 is 2.32. The molecule has 0 aromatic carbocycles. The van der Waals surface area contributed by atoms with Crippen molar-refractivity contribution in [2.24, 2.45) is 5.92 Å². The maximum absolute atomic E-state index is 2.57. The standard InChI is InChI=1S/C13H21.C8H11.2ClH.Zr/c1-5-10-9-11(6-2)13(8-4)12(10)7-3;1-6-4-7(2)8(3)5-6;;;/h10H,5-8H2,1-4H3;4-5H,1-3H3;2*1H;/q;;;;+2/p-2. The van der Waals surface area contributed by atoms with Crippen molar-refractivity contribution in [3.63, 3.8) is 0 Å². The first kappa shape index (κ1) is 24.4. The van der Waals surface area contributed by atoms with E-state index in [0.717, 1.165) is 5.92 Å². The zero-order valence-corrected chi connectivity index (χ0v) is 20.3. The number of hydrogen-bond donors (Lipinski definition) is 0. The quantitative estimate of drug-likeness (QED) is 0.571. The van der Waals surface area contributed by atoms with Crippen LogP contribution in [0.15, 0.2) is 43.3 Å². The topological polar surface area (TPSA) is 0 Å². The van der Waals surface area contributed by atoms with E-state index in [1.807, 2.05) is 3.28 Å². The molecule has 2 aliphatic carbocycles. The van der Waals surface area contributed by atoms with Gasteiger partial charge in [0.1, 0.15) is 0 Å². The van der Waals surface area contributed by atoms with Crippen molar-refractivity contribution < 1.29 is 48.0 Å². The van der Waals surface area contributed by atoms with Gasteiger partial charge in [-0.05, 0) is 0 Å². The van der Waals surface area contributed by atoms with Gasteiger partial charge in [-0.1, -0.05) is 0 Å². The first-order valence-electron chi connectivity index (χ1n) is 9.03. The number of halogens is 2. The number of allylic oxidation sites excluding steroid dienone is 8. The van der Waals surface area contributed by atoms with E-state index < -0.39 is 23.2 Å². The molecule has 134 valence electrons. The molecule has 0 aliphatic heterocycles. The minimum atomic E-state index is -0.659. The maximum Gasteiger partial charge on any atom is -1.00 e. The molecule has 2 unspecified atom stereocenters. The van der Waals surface area contributed by atoms with Crippen LogP contribution in [0.3, 0.4) is 0 Å². The minimum absolute atomic E-state index is 0. The van der Waals surface area contributed by atoms with E-state index in [1.165, 1.54) is 31.3 Å². The molecule has 24 heavy (non-hydrogen) atoms. The molecule has 0 saturated heterocycles. The van der Waals surface area contributed by atoms with E-state index >= 15 is 0 Å². The molecule has 0 saturated carbocycles. The van der Waals surface area contributed by atoms with Gasteiger partial charge in [-0.3, -0.25) is 0 Å². The van der Waals surface area contributed by atoms with Crippen LogP contribution in [-0.4, -0.2) is 0 Å². The molecule has 2 aliphatic rings. The van der Waals surface area contributed by atoms with Crippen molar-refractivity contribution in [2.75, 3.05) is 0 Å². The van der Waals surface area contributed by atoms with Crippen LogP contribution in [0.2, 0.25) is 3.12 Å². The predicted molar refractivity (Wildman–Crippen MR) is 94.6 cm³/mol. The molecule has 0 N–H and O–H groups in total. The average Bonchev–Trinajstić information content (AvgIpc) is 2.91. The summed E-state index contributed by atoms with van der Waals surface area (Å²) in [5, 5.41) is 0. The molecule has 0 aromatic heterocycles. The summed E-state index contributed by atoms with van der Waals surface area (Å²) in [4.78, 5) is 0. The van der Waals surface area contributed by atoms with E-state index in [1.54, 1.807) is 22.3 Å². The van der Waals surface area contributed by atoms with Crippen LogP contribution in [0.5, 0.6) is 0 Å². The molecule has 0 heterocycles. The van der Waals surface area contributed by atoms with Gasteiger partial charge in [0, 0.05) is 0 Å². The van der Waals surface area contributed by atoms with E-state index in [-0.39, 0.29) is 24.8 Å². The van der Waals surface area contributed by atoms with Crippen LogP contribution in [0.4, 0.5) is 0 Å². The van der Waals surface area contributed by atoms with Crippen molar-refractivity contribution in [2.45, 2.75) is 77.3 Å². The summed E-state index contributed by atoms with van der Waals surface area (Å²) in [6.45, 7) is 16.6. The third-order valence-electron chi connectivity index (χ3n) is 5.52. The Hall–Kier alpha value is 0.423. The summed E-state index contributed by atoms with van der Waals surface area (Å²) >= 11 is -0.659. The normalized spacial score (nSPS) is 25.9. The number of rotatable bonds is 6. The van der Waals surface area contributed by atoms with E-state index in [0.29, 0.717) is 3.12 Å². The molecule has 0 aromatic rings. The van der Waals surface area contributed by atoms with E-state index in [9.17, 15) is 0 Å². The fourth-order valence-corrected chi connectivity index (χ4v) is 9.69. The van der Waals surface area contributed by atoms with Gasteiger partial charge in [0.2, 0.25) is 0 Å². The number of hydrogen-bond acceptors (Lipinski definition) is 0. The summed E-state index contributed by atoms with van der Waals surface area (Å²) in [5.41, 5.74) is 8.37. The Morgan fingerprint density at radius 1 is 0.958 bits per heavy atom. The second kappa shape index (κ2) is 9.94. The van der Waals surface area contributed by atoms with Gasteiger partial charge in [-0.25, -0.2) is 0 Å². The molecule has 0 bridgehead atoms. The minimum Gasteiger partial charge on any atom is -1.00 e. The second-order valence-electron chi connectivity index (χ2n) is 6.96. The predicted octanol–water partition coefficient (Wildman–Crippen LogP) is 0.982. The monoisotopic (exact) mass is 444 g/mol. The fraction of sp³-hybridized carbons (Fsp3) is 0.619. The molecule has 0 amide bonds. The molecule has 0 spiro atoms. The summed E-state index contributed by atoms with van der Waals surface area (Å²) in [7, 11) is 0. The Kier molecular flexibility index (Phi) is 10.1. The zero-order valence-electron chi connectivity index (χ0n) is 16.3. The molecule has 0 nitrogen and oxygen atoms in total. The zero-order chi connectivity index (χ0) is 16.5. The average molecular weight is 447 g/mol. The smallest absolute Gasteiger partial charge is 1.00 e. The van der Waals surface area contributed by atoms with Gasteiger partial charge in [0.25, 0.3) is 0 Å². The van der Waals surface area contributed by atoms with Crippen molar-refractivity contribution >= 4 is 0 Å². The van der Waals surface area contributed by atoms with Gasteiger partial charge in [-0.2, -0.15) is 0 Å². The summed E-state index contributed by atoms with van der Waals surface area (Å²) in [6.07, 6.45) is 9.99. The second-order valence-corrected chi connectivity index (χ2v) is 11.5. The van der Waals surface area contributed by atoms with Gasteiger partial charge in [0.15, 0.2) is 0 Å². The Morgan fingerprint density at radius 3 is 1.92 bits per heavy atom. The largest absolute Gasteiger partial charge is 1.00 e. The molecule has 0 fully saturated rings. The van der Waals surface area contributed by atoms with Gasteiger partial charge < -0.3 is 24.8 Å². The molecule has 0 radical (unpaired) electrons. The first-order valence-corrected chi connectivity index (χ1v) is 11.5. The van der Waals surface area contributed by atoms with E-state index in [2.05, 4.69) is 60.6 Å². The van der Waals surface area contributed by atoms with Crippen molar-refractivity contribution in [3.05, 3.63) is 43.3 Å². The molecule has 2 rings (SSSR count). The van der Waals surface area contributed by atoms with Crippen LogP contribution in [-0.2, 0) is 23.2 Å². The van der Waals surface area contributed by atoms with Crippen LogP contribution < -0.4 is 24.8 Å².